The highest BCUT2D eigenvalue weighted by Gasteiger charge is 2.30. The van der Waals surface area contributed by atoms with Gasteiger partial charge in [0.25, 0.3) is 0 Å². The number of carbonyl (C=O) groups is 3. The van der Waals surface area contributed by atoms with Crippen molar-refractivity contribution in [3.05, 3.63) is 0 Å². The predicted molar refractivity (Wildman–Crippen MR) is 92.7 cm³/mol. The van der Waals surface area contributed by atoms with Crippen LogP contribution in [-0.4, -0.2) is 47.4 Å². The van der Waals surface area contributed by atoms with Gasteiger partial charge in [-0.05, 0) is 52.9 Å². The van der Waals surface area contributed by atoms with Crippen LogP contribution in [0.4, 0.5) is 4.79 Å². The normalized spacial score (nSPS) is 21.3. The van der Waals surface area contributed by atoms with E-state index in [1.165, 1.54) is 0 Å². The molecule has 0 aromatic heterocycles. The number of hydrogen-bond donors (Lipinski definition) is 1. The van der Waals surface area contributed by atoms with E-state index in [9.17, 15) is 14.4 Å². The van der Waals surface area contributed by atoms with Crippen LogP contribution in [0.2, 0.25) is 0 Å². The van der Waals surface area contributed by atoms with Crippen LogP contribution in [0.25, 0.3) is 0 Å². The van der Waals surface area contributed by atoms with E-state index in [0.717, 1.165) is 12.8 Å². The number of ether oxygens (including phenoxy) is 1. The van der Waals surface area contributed by atoms with Crippen LogP contribution in [0.1, 0.15) is 66.7 Å². The number of alkyl carbamates (subject to hydrolysis) is 1. The third-order valence-electron chi connectivity index (χ3n) is 4.10. The minimum absolute atomic E-state index is 0.00824. The molecule has 0 aromatic carbocycles. The molecule has 2 amide bonds. The van der Waals surface area contributed by atoms with Gasteiger partial charge in [-0.2, -0.15) is 0 Å². The molecule has 1 heterocycles. The zero-order chi connectivity index (χ0) is 18.3. The van der Waals surface area contributed by atoms with Crippen molar-refractivity contribution in [1.82, 2.24) is 10.2 Å². The summed E-state index contributed by atoms with van der Waals surface area (Å²) >= 11 is 0. The van der Waals surface area contributed by atoms with E-state index in [4.69, 9.17) is 4.74 Å². The van der Waals surface area contributed by atoms with Crippen LogP contribution >= 0.6 is 0 Å². The van der Waals surface area contributed by atoms with Crippen molar-refractivity contribution in [1.29, 1.82) is 0 Å². The molecule has 0 aromatic rings. The fraction of sp³-hybridized carbons (Fsp3) is 0.833. The van der Waals surface area contributed by atoms with Gasteiger partial charge in [0.05, 0.1) is 0 Å². The molecule has 0 bridgehead atoms. The Labute approximate surface area is 145 Å². The Morgan fingerprint density at radius 2 is 1.88 bits per heavy atom. The highest BCUT2D eigenvalue weighted by Crippen LogP contribution is 2.23. The van der Waals surface area contributed by atoms with E-state index in [2.05, 4.69) is 12.2 Å². The van der Waals surface area contributed by atoms with Gasteiger partial charge in [-0.15, -0.1) is 0 Å². The van der Waals surface area contributed by atoms with Crippen molar-refractivity contribution in [2.75, 3.05) is 13.1 Å². The lowest BCUT2D eigenvalue weighted by Gasteiger charge is -2.39. The van der Waals surface area contributed by atoms with Crippen molar-refractivity contribution in [2.24, 2.45) is 5.92 Å². The topological polar surface area (TPSA) is 75.7 Å². The summed E-state index contributed by atoms with van der Waals surface area (Å²) in [5.74, 6) is 0.703. The minimum atomic E-state index is -0.536. The Kier molecular flexibility index (Phi) is 7.70. The molecular weight excluding hydrogens is 308 g/mol. The smallest absolute Gasteiger partial charge is 0.407 e. The molecule has 1 rings (SSSR count). The second kappa shape index (κ2) is 9.04. The van der Waals surface area contributed by atoms with Crippen LogP contribution in [0.15, 0.2) is 0 Å². The van der Waals surface area contributed by atoms with Gasteiger partial charge < -0.3 is 19.7 Å². The fourth-order valence-electron chi connectivity index (χ4n) is 2.92. The molecule has 0 spiro atoms. The van der Waals surface area contributed by atoms with Gasteiger partial charge in [-0.1, -0.05) is 6.92 Å². The SMILES string of the molecule is CC(=O)CCCC(=O)N1CC[C@H](C)C[C@H]1CNC(=O)OC(C)(C)C. The fourth-order valence-corrected chi connectivity index (χ4v) is 2.92. The van der Waals surface area contributed by atoms with Gasteiger partial charge in [-0.3, -0.25) is 4.79 Å². The number of nitrogens with zero attached hydrogens (tertiary/aromatic N) is 1. The maximum absolute atomic E-state index is 12.4. The first kappa shape index (κ1) is 20.5. The van der Waals surface area contributed by atoms with Crippen LogP contribution < -0.4 is 5.32 Å². The first-order chi connectivity index (χ1) is 11.1. The van der Waals surface area contributed by atoms with Gasteiger partial charge in [0.15, 0.2) is 0 Å². The predicted octanol–water partition coefficient (Wildman–Crippen LogP) is 2.90. The highest BCUT2D eigenvalue weighted by atomic mass is 16.6. The quantitative estimate of drug-likeness (QED) is 0.806. The van der Waals surface area contributed by atoms with Crippen molar-refractivity contribution in [3.63, 3.8) is 0 Å². The summed E-state index contributed by atoms with van der Waals surface area (Å²) in [6, 6.07) is -0.00824. The number of hydrogen-bond acceptors (Lipinski definition) is 4. The van der Waals surface area contributed by atoms with E-state index in [1.807, 2.05) is 25.7 Å². The number of carbonyl (C=O) groups excluding carboxylic acids is 3. The summed E-state index contributed by atoms with van der Waals surface area (Å²) in [7, 11) is 0. The number of piperidine rings is 1. The van der Waals surface area contributed by atoms with Gasteiger partial charge in [0, 0.05) is 32.0 Å². The number of ketones is 1. The maximum Gasteiger partial charge on any atom is 0.407 e. The molecule has 0 unspecified atom stereocenters. The minimum Gasteiger partial charge on any atom is -0.444 e. The molecule has 1 saturated heterocycles. The van der Waals surface area contributed by atoms with E-state index < -0.39 is 11.7 Å². The van der Waals surface area contributed by atoms with Gasteiger partial charge >= 0.3 is 6.09 Å². The van der Waals surface area contributed by atoms with Crippen LogP contribution in [0.5, 0.6) is 0 Å². The zero-order valence-corrected chi connectivity index (χ0v) is 15.7. The van der Waals surface area contributed by atoms with Gasteiger partial charge in [0.1, 0.15) is 11.4 Å². The first-order valence-corrected chi connectivity index (χ1v) is 8.84. The third kappa shape index (κ3) is 7.79. The lowest BCUT2D eigenvalue weighted by molar-refractivity contribution is -0.135. The molecule has 24 heavy (non-hydrogen) atoms. The third-order valence-corrected chi connectivity index (χ3v) is 4.10. The molecule has 1 N–H and O–H groups in total. The van der Waals surface area contributed by atoms with Crippen LogP contribution in [0, 0.1) is 5.92 Å². The summed E-state index contributed by atoms with van der Waals surface area (Å²) in [5.41, 5.74) is -0.536. The van der Waals surface area contributed by atoms with Crippen molar-refractivity contribution >= 4 is 17.8 Å². The number of likely N-dealkylation sites (tertiary alicyclic amines) is 1. The van der Waals surface area contributed by atoms with Crippen LogP contribution in [-0.2, 0) is 14.3 Å². The Bertz CT molecular complexity index is 456. The Balaban J connectivity index is 2.54. The molecule has 1 aliphatic heterocycles. The Morgan fingerprint density at radius 3 is 2.46 bits per heavy atom. The standard InChI is InChI=1S/C18H32N2O4/c1-13-9-10-20(16(22)8-6-7-14(2)21)15(11-13)12-19-17(23)24-18(3,4)5/h13,15H,6-12H2,1-5H3,(H,19,23)/t13-,15-/m0/s1. The lowest BCUT2D eigenvalue weighted by atomic mass is 9.92. The van der Waals surface area contributed by atoms with Crippen molar-refractivity contribution in [2.45, 2.75) is 78.4 Å². The average Bonchev–Trinajstić information content (AvgIpc) is 2.42. The summed E-state index contributed by atoms with van der Waals surface area (Å²) in [6.07, 6.45) is 2.81. The Hall–Kier alpha value is -1.59. The first-order valence-electron chi connectivity index (χ1n) is 8.84. The van der Waals surface area contributed by atoms with E-state index in [-0.39, 0.29) is 17.7 Å². The molecule has 0 aliphatic carbocycles. The molecule has 6 heteroatoms. The molecule has 1 aliphatic rings. The molecule has 0 saturated carbocycles. The summed E-state index contributed by atoms with van der Waals surface area (Å²) in [6.45, 7) is 10.3. The van der Waals surface area contributed by atoms with E-state index in [1.54, 1.807) is 6.92 Å². The average molecular weight is 340 g/mol. The van der Waals surface area contributed by atoms with Crippen molar-refractivity contribution in [3.8, 4) is 0 Å². The molecule has 6 nitrogen and oxygen atoms in total. The molecule has 0 radical (unpaired) electrons. The number of amides is 2. The monoisotopic (exact) mass is 340 g/mol. The highest BCUT2D eigenvalue weighted by molar-refractivity contribution is 5.79. The summed E-state index contributed by atoms with van der Waals surface area (Å²) < 4.78 is 5.25. The number of rotatable bonds is 6. The Morgan fingerprint density at radius 1 is 1.21 bits per heavy atom. The molecular formula is C18H32N2O4. The largest absolute Gasteiger partial charge is 0.444 e. The molecule has 1 fully saturated rings. The van der Waals surface area contributed by atoms with Gasteiger partial charge in [0.2, 0.25) is 5.91 Å². The number of Topliss-reactive ketones (excluding diaryl/α,β-unsaturated/α-hetero) is 1. The molecule has 138 valence electrons. The van der Waals surface area contributed by atoms with E-state index in [0.29, 0.717) is 38.3 Å². The van der Waals surface area contributed by atoms with E-state index >= 15 is 0 Å². The molecule has 2 atom stereocenters. The lowest BCUT2D eigenvalue weighted by Crippen LogP contribution is -2.51. The number of nitrogens with one attached hydrogen (secondary N) is 1. The summed E-state index contributed by atoms with van der Waals surface area (Å²) in [5, 5.41) is 2.78. The summed E-state index contributed by atoms with van der Waals surface area (Å²) in [4.78, 5) is 37.1. The zero-order valence-electron chi connectivity index (χ0n) is 15.7. The second-order valence-corrected chi connectivity index (χ2v) is 7.81. The maximum atomic E-state index is 12.4. The van der Waals surface area contributed by atoms with Gasteiger partial charge in [-0.25, -0.2) is 4.79 Å². The van der Waals surface area contributed by atoms with Crippen LogP contribution in [0.3, 0.4) is 0 Å². The second-order valence-electron chi connectivity index (χ2n) is 7.81. The van der Waals surface area contributed by atoms with Crippen molar-refractivity contribution < 1.29 is 19.1 Å².